The predicted molar refractivity (Wildman–Crippen MR) is 119 cm³/mol. The van der Waals surface area contributed by atoms with Gasteiger partial charge in [-0.1, -0.05) is 68.5 Å². The fourth-order valence-electron chi connectivity index (χ4n) is 2.97. The number of unbranched alkanes of at least 4 members (excludes halogenated alkanes) is 1. The lowest BCUT2D eigenvalue weighted by atomic mass is 10.0. The first-order valence-corrected chi connectivity index (χ1v) is 10.1. The number of benzene rings is 3. The Morgan fingerprint density at radius 2 is 1.48 bits per heavy atom. The molecule has 0 unspecified atom stereocenters. The van der Waals surface area contributed by atoms with Crippen molar-refractivity contribution in [3.8, 4) is 34.8 Å². The van der Waals surface area contributed by atoms with E-state index in [9.17, 15) is 5.26 Å². The van der Waals surface area contributed by atoms with Gasteiger partial charge in [-0.3, -0.25) is 0 Å². The summed E-state index contributed by atoms with van der Waals surface area (Å²) in [6, 6.07) is 24.6. The molecule has 3 aromatic rings. The van der Waals surface area contributed by atoms with Crippen molar-refractivity contribution < 1.29 is 4.74 Å². The van der Waals surface area contributed by atoms with Crippen molar-refractivity contribution in [2.24, 2.45) is 0 Å². The molecule has 0 saturated carbocycles. The van der Waals surface area contributed by atoms with E-state index in [-0.39, 0.29) is 0 Å². The van der Waals surface area contributed by atoms with Gasteiger partial charge in [0.15, 0.2) is 0 Å². The molecule has 29 heavy (non-hydrogen) atoms. The van der Waals surface area contributed by atoms with Crippen LogP contribution >= 0.6 is 0 Å². The van der Waals surface area contributed by atoms with Gasteiger partial charge in [0.2, 0.25) is 0 Å². The minimum Gasteiger partial charge on any atom is -0.494 e. The van der Waals surface area contributed by atoms with Crippen LogP contribution in [0.15, 0.2) is 66.7 Å². The summed E-state index contributed by atoms with van der Waals surface area (Å²) in [7, 11) is 0. The molecule has 0 aliphatic rings. The molecule has 0 heterocycles. The zero-order valence-corrected chi connectivity index (χ0v) is 17.0. The van der Waals surface area contributed by atoms with E-state index < -0.39 is 0 Å². The Hall–Kier alpha value is -3.49. The Kier molecular flexibility index (Phi) is 7.10. The molecule has 0 bridgehead atoms. The first-order valence-electron chi connectivity index (χ1n) is 10.1. The third-order valence-corrected chi connectivity index (χ3v) is 4.80. The average molecular weight is 380 g/mol. The molecule has 144 valence electrons. The van der Waals surface area contributed by atoms with Gasteiger partial charge in [-0.2, -0.15) is 5.26 Å². The minimum absolute atomic E-state index is 0.541. The molecule has 0 atom stereocenters. The molecule has 0 saturated heterocycles. The van der Waals surface area contributed by atoms with Crippen LogP contribution in [0.3, 0.4) is 0 Å². The summed E-state index contributed by atoms with van der Waals surface area (Å²) in [6.45, 7) is 4.95. The SMILES string of the molecule is CCCCOc1ccc(C#Cc2ccc(-c3ccc(CC)cc3)cc2)c(C#N)c1. The first kappa shape index (κ1) is 20.2. The lowest BCUT2D eigenvalue weighted by molar-refractivity contribution is 0.309. The van der Waals surface area contributed by atoms with Gasteiger partial charge < -0.3 is 4.74 Å². The highest BCUT2D eigenvalue weighted by atomic mass is 16.5. The van der Waals surface area contributed by atoms with Crippen LogP contribution in [0, 0.1) is 23.2 Å². The van der Waals surface area contributed by atoms with Crippen molar-refractivity contribution in [2.45, 2.75) is 33.1 Å². The second-order valence-corrected chi connectivity index (χ2v) is 6.90. The fraction of sp³-hybridized carbons (Fsp3) is 0.222. The number of nitriles is 1. The lowest BCUT2D eigenvalue weighted by Gasteiger charge is -2.06. The Morgan fingerprint density at radius 1 is 0.793 bits per heavy atom. The van der Waals surface area contributed by atoms with Crippen LogP contribution in [0.2, 0.25) is 0 Å². The molecule has 3 aromatic carbocycles. The minimum atomic E-state index is 0.541. The molecule has 3 rings (SSSR count). The van der Waals surface area contributed by atoms with Gasteiger partial charge in [-0.15, -0.1) is 0 Å². The van der Waals surface area contributed by atoms with Gasteiger partial charge in [-0.25, -0.2) is 0 Å². The van der Waals surface area contributed by atoms with Gasteiger partial charge in [0.25, 0.3) is 0 Å². The highest BCUT2D eigenvalue weighted by Crippen LogP contribution is 2.21. The van der Waals surface area contributed by atoms with Gasteiger partial charge >= 0.3 is 0 Å². The summed E-state index contributed by atoms with van der Waals surface area (Å²) in [5.41, 5.74) is 5.89. The van der Waals surface area contributed by atoms with Crippen LogP contribution in [0.4, 0.5) is 0 Å². The summed E-state index contributed by atoms with van der Waals surface area (Å²) < 4.78 is 5.68. The Morgan fingerprint density at radius 3 is 2.10 bits per heavy atom. The van der Waals surface area contributed by atoms with E-state index in [4.69, 9.17) is 4.74 Å². The van der Waals surface area contributed by atoms with E-state index in [1.807, 2.05) is 24.3 Å². The van der Waals surface area contributed by atoms with E-state index in [1.54, 1.807) is 6.07 Å². The van der Waals surface area contributed by atoms with Crippen LogP contribution in [-0.2, 0) is 6.42 Å². The van der Waals surface area contributed by atoms with E-state index in [0.717, 1.165) is 36.1 Å². The number of hydrogen-bond donors (Lipinski definition) is 0. The van der Waals surface area contributed by atoms with Crippen LogP contribution in [0.1, 0.15) is 48.9 Å². The second kappa shape index (κ2) is 10.2. The molecule has 0 aliphatic carbocycles. The summed E-state index contributed by atoms with van der Waals surface area (Å²) in [6.07, 6.45) is 3.13. The van der Waals surface area contributed by atoms with Gasteiger partial charge in [0.1, 0.15) is 11.8 Å². The van der Waals surface area contributed by atoms with Crippen molar-refractivity contribution in [2.75, 3.05) is 6.61 Å². The monoisotopic (exact) mass is 379 g/mol. The van der Waals surface area contributed by atoms with E-state index in [0.29, 0.717) is 12.2 Å². The zero-order chi connectivity index (χ0) is 20.5. The molecule has 0 aromatic heterocycles. The summed E-state index contributed by atoms with van der Waals surface area (Å²) in [4.78, 5) is 0. The topological polar surface area (TPSA) is 33.0 Å². The third-order valence-electron chi connectivity index (χ3n) is 4.80. The average Bonchev–Trinajstić information content (AvgIpc) is 2.78. The van der Waals surface area contributed by atoms with Crippen molar-refractivity contribution >= 4 is 0 Å². The van der Waals surface area contributed by atoms with Gasteiger partial charge in [-0.05, 0) is 59.9 Å². The van der Waals surface area contributed by atoms with Crippen LogP contribution in [0.5, 0.6) is 5.75 Å². The van der Waals surface area contributed by atoms with Crippen molar-refractivity contribution in [3.05, 3.63) is 89.0 Å². The molecule has 0 aliphatic heterocycles. The quantitative estimate of drug-likeness (QED) is 0.368. The zero-order valence-electron chi connectivity index (χ0n) is 17.0. The highest BCUT2D eigenvalue weighted by Gasteiger charge is 2.03. The van der Waals surface area contributed by atoms with Crippen molar-refractivity contribution in [1.29, 1.82) is 5.26 Å². The van der Waals surface area contributed by atoms with E-state index in [2.05, 4.69) is 68.2 Å². The van der Waals surface area contributed by atoms with E-state index >= 15 is 0 Å². The largest absolute Gasteiger partial charge is 0.494 e. The fourth-order valence-corrected chi connectivity index (χ4v) is 2.97. The van der Waals surface area contributed by atoms with Crippen LogP contribution in [-0.4, -0.2) is 6.61 Å². The predicted octanol–water partition coefficient (Wildman–Crippen LogP) is 6.37. The van der Waals surface area contributed by atoms with Crippen LogP contribution < -0.4 is 4.74 Å². The summed E-state index contributed by atoms with van der Waals surface area (Å²) >= 11 is 0. The Labute approximate surface area is 173 Å². The molecular formula is C27H25NO. The number of hydrogen-bond acceptors (Lipinski definition) is 2. The molecule has 2 nitrogen and oxygen atoms in total. The maximum atomic E-state index is 9.44. The molecular weight excluding hydrogens is 354 g/mol. The maximum absolute atomic E-state index is 9.44. The lowest BCUT2D eigenvalue weighted by Crippen LogP contribution is -1.97. The number of ether oxygens (including phenoxy) is 1. The molecule has 0 spiro atoms. The molecule has 2 heteroatoms. The Bertz CT molecular complexity index is 1040. The van der Waals surface area contributed by atoms with Crippen LogP contribution in [0.25, 0.3) is 11.1 Å². The number of aryl methyl sites for hydroxylation is 1. The smallest absolute Gasteiger partial charge is 0.120 e. The highest BCUT2D eigenvalue weighted by molar-refractivity contribution is 5.65. The summed E-state index contributed by atoms with van der Waals surface area (Å²) in [5.74, 6) is 7.00. The summed E-state index contributed by atoms with van der Waals surface area (Å²) in [5, 5.41) is 9.44. The van der Waals surface area contributed by atoms with Gasteiger partial charge in [0, 0.05) is 11.1 Å². The molecule has 0 N–H and O–H groups in total. The number of rotatable bonds is 6. The molecule has 0 fully saturated rings. The number of nitrogens with zero attached hydrogens (tertiary/aromatic N) is 1. The van der Waals surface area contributed by atoms with Crippen molar-refractivity contribution in [1.82, 2.24) is 0 Å². The molecule has 0 amide bonds. The molecule has 0 radical (unpaired) electrons. The first-order chi connectivity index (χ1) is 14.2. The third kappa shape index (κ3) is 5.50. The van der Waals surface area contributed by atoms with E-state index in [1.165, 1.54) is 16.7 Å². The van der Waals surface area contributed by atoms with Crippen molar-refractivity contribution in [3.63, 3.8) is 0 Å². The maximum Gasteiger partial charge on any atom is 0.120 e. The normalized spacial score (nSPS) is 9.97. The second-order valence-electron chi connectivity index (χ2n) is 6.90. The van der Waals surface area contributed by atoms with Gasteiger partial charge in [0.05, 0.1) is 12.2 Å². The Balaban J connectivity index is 1.74. The standard InChI is InChI=1S/C27H25NO/c1-3-5-18-29-27-17-16-25(26(19-27)20-28)15-10-22-8-13-24(14-9-22)23-11-6-21(4-2)7-12-23/h6-9,11-14,16-17,19H,3-5,18H2,1-2H3.